The second kappa shape index (κ2) is 6.05. The summed E-state index contributed by atoms with van der Waals surface area (Å²) >= 11 is 0. The van der Waals surface area contributed by atoms with E-state index in [0.29, 0.717) is 31.4 Å². The summed E-state index contributed by atoms with van der Waals surface area (Å²) in [6.07, 6.45) is -1.78. The van der Waals surface area contributed by atoms with Crippen LogP contribution in [0.1, 0.15) is 36.8 Å². The van der Waals surface area contributed by atoms with E-state index in [4.69, 9.17) is 0 Å². The largest absolute Gasteiger partial charge is 0.416 e. The van der Waals surface area contributed by atoms with Crippen LogP contribution in [0.2, 0.25) is 0 Å². The maximum Gasteiger partial charge on any atom is 0.416 e. The highest BCUT2D eigenvalue weighted by molar-refractivity contribution is 5.77. The summed E-state index contributed by atoms with van der Waals surface area (Å²) in [6.45, 7) is 0.546. The van der Waals surface area contributed by atoms with E-state index in [1.807, 2.05) is 0 Å². The fourth-order valence-corrected chi connectivity index (χ4v) is 2.58. The number of amides is 1. The number of rotatable bonds is 5. The fourth-order valence-electron chi connectivity index (χ4n) is 2.58. The van der Waals surface area contributed by atoms with Crippen molar-refractivity contribution in [3.8, 4) is 0 Å². The van der Waals surface area contributed by atoms with Gasteiger partial charge < -0.3 is 10.6 Å². The molecule has 0 radical (unpaired) electrons. The maximum atomic E-state index is 12.8. The van der Waals surface area contributed by atoms with Crippen LogP contribution < -0.4 is 10.6 Å². The van der Waals surface area contributed by atoms with Gasteiger partial charge in [0.2, 0.25) is 5.91 Å². The first-order chi connectivity index (χ1) is 9.87. The lowest BCUT2D eigenvalue weighted by Gasteiger charge is -2.43. The molecule has 3 nitrogen and oxygen atoms in total. The van der Waals surface area contributed by atoms with E-state index in [1.54, 1.807) is 13.1 Å². The van der Waals surface area contributed by atoms with Crippen LogP contribution in [-0.4, -0.2) is 19.5 Å². The van der Waals surface area contributed by atoms with Crippen LogP contribution in [0.3, 0.4) is 0 Å². The van der Waals surface area contributed by atoms with Gasteiger partial charge in [0.25, 0.3) is 0 Å². The quantitative estimate of drug-likeness (QED) is 0.878. The number of alkyl halides is 3. The van der Waals surface area contributed by atoms with Crippen molar-refractivity contribution < 1.29 is 18.0 Å². The third-order valence-electron chi connectivity index (χ3n) is 3.93. The molecule has 1 fully saturated rings. The van der Waals surface area contributed by atoms with Gasteiger partial charge >= 0.3 is 6.18 Å². The summed E-state index contributed by atoms with van der Waals surface area (Å²) in [5, 5.41) is 5.79. The van der Waals surface area contributed by atoms with Crippen molar-refractivity contribution in [2.45, 2.75) is 37.4 Å². The van der Waals surface area contributed by atoms with Crippen LogP contribution in [0.15, 0.2) is 24.3 Å². The number of halogens is 3. The van der Waals surface area contributed by atoms with Crippen molar-refractivity contribution in [3.63, 3.8) is 0 Å². The molecule has 0 aromatic heterocycles. The SMILES string of the molecule is CNCCC(=O)NC1(c2cccc(C(F)(F)F)c2)CCC1. The Morgan fingerprint density at radius 3 is 2.57 bits per heavy atom. The van der Waals surface area contributed by atoms with E-state index < -0.39 is 17.3 Å². The van der Waals surface area contributed by atoms with Gasteiger partial charge in [0.15, 0.2) is 0 Å². The van der Waals surface area contributed by atoms with Gasteiger partial charge in [-0.25, -0.2) is 0 Å². The molecule has 2 N–H and O–H groups in total. The second-order valence-electron chi connectivity index (χ2n) is 5.42. The maximum absolute atomic E-state index is 12.8. The Morgan fingerprint density at radius 2 is 2.05 bits per heavy atom. The number of carbonyl (C=O) groups is 1. The lowest BCUT2D eigenvalue weighted by molar-refractivity contribution is -0.137. The predicted octanol–water partition coefficient (Wildman–Crippen LogP) is 2.81. The zero-order valence-corrected chi connectivity index (χ0v) is 11.9. The molecule has 0 unspecified atom stereocenters. The molecule has 0 atom stereocenters. The number of hydrogen-bond acceptors (Lipinski definition) is 2. The first kappa shape index (κ1) is 15.8. The molecule has 1 aliphatic rings. The van der Waals surface area contributed by atoms with Crippen molar-refractivity contribution in [1.29, 1.82) is 0 Å². The van der Waals surface area contributed by atoms with Gasteiger partial charge in [0.05, 0.1) is 11.1 Å². The third kappa shape index (κ3) is 3.56. The Balaban J connectivity index is 2.19. The highest BCUT2D eigenvalue weighted by Gasteiger charge is 2.41. The van der Waals surface area contributed by atoms with Gasteiger partial charge in [0.1, 0.15) is 0 Å². The first-order valence-electron chi connectivity index (χ1n) is 7.01. The molecule has 116 valence electrons. The van der Waals surface area contributed by atoms with Crippen molar-refractivity contribution in [2.75, 3.05) is 13.6 Å². The monoisotopic (exact) mass is 300 g/mol. The molecular formula is C15H19F3N2O. The van der Waals surface area contributed by atoms with Crippen LogP contribution >= 0.6 is 0 Å². The summed E-state index contributed by atoms with van der Waals surface area (Å²) < 4.78 is 38.4. The smallest absolute Gasteiger partial charge is 0.347 e. The molecule has 1 aromatic rings. The van der Waals surface area contributed by atoms with E-state index in [0.717, 1.165) is 18.6 Å². The molecule has 21 heavy (non-hydrogen) atoms. The molecule has 1 aliphatic carbocycles. The van der Waals surface area contributed by atoms with Gasteiger partial charge in [0, 0.05) is 13.0 Å². The summed E-state index contributed by atoms with van der Waals surface area (Å²) in [4.78, 5) is 11.9. The van der Waals surface area contributed by atoms with Crippen LogP contribution in [0.25, 0.3) is 0 Å². The summed E-state index contributed by atoms with van der Waals surface area (Å²) in [6, 6.07) is 5.26. The van der Waals surface area contributed by atoms with E-state index in [2.05, 4.69) is 10.6 Å². The van der Waals surface area contributed by atoms with Gasteiger partial charge in [-0.05, 0) is 44.0 Å². The van der Waals surface area contributed by atoms with Crippen LogP contribution in [0.5, 0.6) is 0 Å². The summed E-state index contributed by atoms with van der Waals surface area (Å²) in [5.41, 5.74) is -0.761. The molecular weight excluding hydrogens is 281 g/mol. The molecule has 0 saturated heterocycles. The number of hydrogen-bond donors (Lipinski definition) is 2. The van der Waals surface area contributed by atoms with E-state index in [9.17, 15) is 18.0 Å². The molecule has 2 rings (SSSR count). The minimum Gasteiger partial charge on any atom is -0.347 e. The second-order valence-corrected chi connectivity index (χ2v) is 5.42. The Kier molecular flexibility index (Phi) is 4.56. The highest BCUT2D eigenvalue weighted by atomic mass is 19.4. The zero-order valence-electron chi connectivity index (χ0n) is 11.9. The summed E-state index contributed by atoms with van der Waals surface area (Å²) in [7, 11) is 1.75. The Morgan fingerprint density at radius 1 is 1.33 bits per heavy atom. The molecule has 6 heteroatoms. The highest BCUT2D eigenvalue weighted by Crippen LogP contribution is 2.42. The molecule has 1 aromatic carbocycles. The first-order valence-corrected chi connectivity index (χ1v) is 7.01. The fraction of sp³-hybridized carbons (Fsp3) is 0.533. The third-order valence-corrected chi connectivity index (χ3v) is 3.93. The van der Waals surface area contributed by atoms with E-state index in [1.165, 1.54) is 6.07 Å². The van der Waals surface area contributed by atoms with Crippen molar-refractivity contribution >= 4 is 5.91 Å². The van der Waals surface area contributed by atoms with E-state index >= 15 is 0 Å². The van der Waals surface area contributed by atoms with Crippen LogP contribution in [0, 0.1) is 0 Å². The van der Waals surface area contributed by atoms with Crippen LogP contribution in [-0.2, 0) is 16.5 Å². The molecule has 0 spiro atoms. The normalized spacial score (nSPS) is 17.1. The topological polar surface area (TPSA) is 41.1 Å². The van der Waals surface area contributed by atoms with Crippen molar-refractivity contribution in [2.24, 2.45) is 0 Å². The van der Waals surface area contributed by atoms with E-state index in [-0.39, 0.29) is 5.91 Å². The number of benzene rings is 1. The Labute approximate surface area is 121 Å². The van der Waals surface area contributed by atoms with Gasteiger partial charge in [-0.3, -0.25) is 4.79 Å². The number of carbonyl (C=O) groups excluding carboxylic acids is 1. The molecule has 0 bridgehead atoms. The van der Waals surface area contributed by atoms with Crippen LogP contribution in [0.4, 0.5) is 13.2 Å². The minimum atomic E-state index is -4.36. The lowest BCUT2D eigenvalue weighted by Crippen LogP contribution is -2.51. The van der Waals surface area contributed by atoms with Gasteiger partial charge in [-0.2, -0.15) is 13.2 Å². The lowest BCUT2D eigenvalue weighted by atomic mass is 9.71. The minimum absolute atomic E-state index is 0.138. The van der Waals surface area contributed by atoms with Crippen molar-refractivity contribution in [1.82, 2.24) is 10.6 Å². The zero-order chi connectivity index (χ0) is 15.5. The predicted molar refractivity (Wildman–Crippen MR) is 73.7 cm³/mol. The average Bonchev–Trinajstić information content (AvgIpc) is 2.40. The van der Waals surface area contributed by atoms with Gasteiger partial charge in [-0.15, -0.1) is 0 Å². The van der Waals surface area contributed by atoms with Crippen molar-refractivity contribution in [3.05, 3.63) is 35.4 Å². The Bertz CT molecular complexity index is 510. The molecule has 0 heterocycles. The standard InChI is InChI=1S/C15H19F3N2O/c1-19-9-6-13(21)20-14(7-3-8-14)11-4-2-5-12(10-11)15(16,17)18/h2,4-5,10,19H,3,6-9H2,1H3,(H,20,21). The number of nitrogens with one attached hydrogen (secondary N) is 2. The summed E-state index contributed by atoms with van der Waals surface area (Å²) in [5.74, 6) is -0.138. The molecule has 1 saturated carbocycles. The molecule has 1 amide bonds. The average molecular weight is 300 g/mol. The van der Waals surface area contributed by atoms with Gasteiger partial charge in [-0.1, -0.05) is 12.1 Å². The Hall–Kier alpha value is -1.56. The molecule has 0 aliphatic heterocycles.